The highest BCUT2D eigenvalue weighted by atomic mass is 15.2. The van der Waals surface area contributed by atoms with Crippen molar-refractivity contribution in [3.8, 4) is 77.9 Å². The monoisotopic (exact) mass is 1480 g/mol. The predicted molar refractivity (Wildman–Crippen MR) is 484 cm³/mol. The van der Waals surface area contributed by atoms with Crippen LogP contribution in [0.3, 0.4) is 0 Å². The molecule has 115 heavy (non-hydrogen) atoms. The van der Waals surface area contributed by atoms with Gasteiger partial charge in [-0.25, -0.2) is 0 Å². The Hall–Kier alpha value is -13.3. The maximum absolute atomic E-state index is 2.51. The van der Waals surface area contributed by atoms with Crippen LogP contribution in [0.25, 0.3) is 77.9 Å². The van der Waals surface area contributed by atoms with Crippen LogP contribution in [0.1, 0.15) is 125 Å². The van der Waals surface area contributed by atoms with E-state index in [1.807, 2.05) is 0 Å². The highest BCUT2D eigenvalue weighted by Gasteiger charge is 2.42. The van der Waals surface area contributed by atoms with Crippen molar-refractivity contribution in [2.45, 2.75) is 96.3 Å². The van der Waals surface area contributed by atoms with E-state index in [4.69, 9.17) is 0 Å². The summed E-state index contributed by atoms with van der Waals surface area (Å²) in [6.07, 6.45) is 0. The summed E-state index contributed by atoms with van der Waals surface area (Å²) in [6, 6.07) is 138. The second-order valence-electron chi connectivity index (χ2n) is 34.9. The first-order chi connectivity index (χ1) is 55.8. The smallest absolute Gasteiger partial charge is 0.0488 e. The summed E-state index contributed by atoms with van der Waals surface area (Å²) in [5, 5.41) is 0. The quantitative estimate of drug-likeness (QED) is 0.108. The number of para-hydroxylation sites is 4. The molecule has 0 unspecified atom stereocenters. The molecule has 0 aromatic heterocycles. The lowest BCUT2D eigenvalue weighted by atomic mass is 9.80. The Morgan fingerprint density at radius 1 is 0.130 bits per heavy atom. The first-order valence-electron chi connectivity index (χ1n) is 40.8. The van der Waals surface area contributed by atoms with Crippen LogP contribution in [0.2, 0.25) is 0 Å². The summed E-state index contributed by atoms with van der Waals surface area (Å²) >= 11 is 0. The zero-order valence-electron chi connectivity index (χ0n) is 66.9. The van der Waals surface area contributed by atoms with E-state index in [-0.39, 0.29) is 21.7 Å². The molecule has 16 aromatic carbocycles. The molecule has 0 spiro atoms. The topological polar surface area (TPSA) is 13.0 Å². The molecule has 21 rings (SSSR count). The van der Waals surface area contributed by atoms with Crippen molar-refractivity contribution in [3.05, 3.63) is 420 Å². The van der Waals surface area contributed by atoms with E-state index in [0.717, 1.165) is 90.5 Å². The average Bonchev–Trinajstić information content (AvgIpc) is 1.62. The fraction of sp³-hybridized carbons (Fsp3) is 0.135. The second-order valence-corrected chi connectivity index (χ2v) is 34.9. The Morgan fingerprint density at radius 2 is 0.339 bits per heavy atom. The van der Waals surface area contributed by atoms with Crippen LogP contribution in [0.4, 0.5) is 68.2 Å². The van der Waals surface area contributed by atoms with E-state index in [0.29, 0.717) is 0 Å². The van der Waals surface area contributed by atoms with Crippen LogP contribution >= 0.6 is 0 Å². The van der Waals surface area contributed by atoms with Crippen LogP contribution in [-0.4, -0.2) is 0 Å². The minimum atomic E-state index is -0.415. The molecule has 0 aliphatic heterocycles. The van der Waals surface area contributed by atoms with Gasteiger partial charge in [-0.15, -0.1) is 0 Å². The molecule has 4 nitrogen and oxygen atoms in total. The highest BCUT2D eigenvalue weighted by Crippen LogP contribution is 2.59. The largest absolute Gasteiger partial charge is 0.310 e. The lowest BCUT2D eigenvalue weighted by molar-refractivity contribution is 0.660. The van der Waals surface area contributed by atoms with Gasteiger partial charge in [-0.1, -0.05) is 288 Å². The molecule has 5 aliphatic carbocycles. The summed E-state index contributed by atoms with van der Waals surface area (Å²) in [7, 11) is 0. The molecule has 0 saturated heterocycles. The van der Waals surface area contributed by atoms with Gasteiger partial charge in [-0.05, 0) is 279 Å². The number of anilines is 12. The van der Waals surface area contributed by atoms with Crippen molar-refractivity contribution in [1.82, 2.24) is 0 Å². The Morgan fingerprint density at radius 3 is 0.591 bits per heavy atom. The fourth-order valence-electron chi connectivity index (χ4n) is 20.6. The number of benzene rings is 16. The normalized spacial score (nSPS) is 14.9. The third kappa shape index (κ3) is 10.9. The summed E-state index contributed by atoms with van der Waals surface area (Å²) < 4.78 is 0. The molecule has 5 aliphatic rings. The fourth-order valence-corrected chi connectivity index (χ4v) is 20.6. The molecule has 0 saturated carbocycles. The van der Waals surface area contributed by atoms with Gasteiger partial charge < -0.3 is 19.6 Å². The maximum Gasteiger partial charge on any atom is 0.0488 e. The Balaban J connectivity index is 0.737. The standard InChI is InChI=1S/C111H90N4/c1-107(2)97-43-27-23-39-87(97)93-67-79(49-55-101(93)107)112(75-31-15-11-16-32-75)83-59-73(60-84(65-83)113(76-33-17-12-18-34-76)80-50-56-102-94(68-80)88-40-24-28-44-98(88)108(102,3)4)71-47-53-91-92-54-48-72(64-106(92)111(9,10)105(91)63-71)74-61-85(114(77-35-19-13-20-36-77)81-51-57-103-95(69-81)89-41-25-29-45-99(89)109(103,5)6)66-86(62-74)115(78-37-21-14-22-38-78)82-52-58-104-96(70-82)90-42-26-30-46-100(90)110(104,7)8/h11-70H,1-10H3. The molecule has 0 fully saturated rings. The number of hydrogen-bond donors (Lipinski definition) is 0. The Bertz CT molecular complexity index is 5900. The Labute approximate surface area is 677 Å². The molecule has 0 atom stereocenters. The van der Waals surface area contributed by atoms with Crippen LogP contribution in [-0.2, 0) is 27.1 Å². The van der Waals surface area contributed by atoms with E-state index in [1.165, 1.54) is 111 Å². The van der Waals surface area contributed by atoms with Gasteiger partial charge in [0.2, 0.25) is 0 Å². The lowest BCUT2D eigenvalue weighted by Crippen LogP contribution is -2.16. The zero-order chi connectivity index (χ0) is 78.0. The summed E-state index contributed by atoms with van der Waals surface area (Å²) in [5.74, 6) is 0. The maximum atomic E-state index is 2.51. The van der Waals surface area contributed by atoms with Crippen molar-refractivity contribution < 1.29 is 0 Å². The van der Waals surface area contributed by atoms with Crippen molar-refractivity contribution in [2.24, 2.45) is 0 Å². The van der Waals surface area contributed by atoms with Crippen LogP contribution < -0.4 is 19.6 Å². The van der Waals surface area contributed by atoms with Gasteiger partial charge in [-0.2, -0.15) is 0 Å². The van der Waals surface area contributed by atoms with Gasteiger partial charge in [-0.3, -0.25) is 0 Å². The summed E-state index contributed by atoms with van der Waals surface area (Å²) in [4.78, 5) is 9.93. The predicted octanol–water partition coefficient (Wildman–Crippen LogP) is 30.4. The van der Waals surface area contributed by atoms with E-state index in [1.54, 1.807) is 0 Å². The van der Waals surface area contributed by atoms with Gasteiger partial charge in [0.25, 0.3) is 0 Å². The number of fused-ring (bicyclic) bond motifs is 15. The summed E-state index contributed by atoms with van der Waals surface area (Å²) in [6.45, 7) is 23.8. The first kappa shape index (κ1) is 69.6. The van der Waals surface area contributed by atoms with Gasteiger partial charge in [0.15, 0.2) is 0 Å². The molecular weight excluding hydrogens is 1390 g/mol. The average molecular weight is 1480 g/mol. The lowest BCUT2D eigenvalue weighted by Gasteiger charge is -2.31. The third-order valence-corrected chi connectivity index (χ3v) is 26.5. The van der Waals surface area contributed by atoms with Gasteiger partial charge in [0.05, 0.1) is 0 Å². The number of hydrogen-bond acceptors (Lipinski definition) is 4. The minimum absolute atomic E-state index is 0.145. The van der Waals surface area contributed by atoms with Crippen LogP contribution in [0.5, 0.6) is 0 Å². The molecule has 0 bridgehead atoms. The molecule has 0 amide bonds. The van der Waals surface area contributed by atoms with Crippen molar-refractivity contribution in [2.75, 3.05) is 19.6 Å². The molecule has 0 heterocycles. The van der Waals surface area contributed by atoms with E-state index in [9.17, 15) is 0 Å². The van der Waals surface area contributed by atoms with Crippen LogP contribution in [0.15, 0.2) is 364 Å². The zero-order valence-corrected chi connectivity index (χ0v) is 66.9. The summed E-state index contributed by atoms with van der Waals surface area (Å²) in [5.41, 5.74) is 42.7. The van der Waals surface area contributed by atoms with E-state index < -0.39 is 5.41 Å². The van der Waals surface area contributed by atoms with Gasteiger partial charge in [0.1, 0.15) is 0 Å². The molecule has 0 N–H and O–H groups in total. The molecule has 0 radical (unpaired) electrons. The minimum Gasteiger partial charge on any atom is -0.310 e. The van der Waals surface area contributed by atoms with Crippen molar-refractivity contribution >= 4 is 68.2 Å². The Kier molecular flexibility index (Phi) is 15.7. The van der Waals surface area contributed by atoms with E-state index >= 15 is 0 Å². The molecule has 554 valence electrons. The van der Waals surface area contributed by atoms with Crippen LogP contribution in [0, 0.1) is 0 Å². The highest BCUT2D eigenvalue weighted by molar-refractivity contribution is 5.97. The van der Waals surface area contributed by atoms with Gasteiger partial charge >= 0.3 is 0 Å². The van der Waals surface area contributed by atoms with Crippen molar-refractivity contribution in [1.29, 1.82) is 0 Å². The first-order valence-corrected chi connectivity index (χ1v) is 40.8. The van der Waals surface area contributed by atoms with Gasteiger partial charge in [0, 0.05) is 95.3 Å². The van der Waals surface area contributed by atoms with E-state index in [2.05, 4.69) is 453 Å². The number of rotatable bonds is 14. The van der Waals surface area contributed by atoms with Crippen molar-refractivity contribution in [3.63, 3.8) is 0 Å². The SMILES string of the molecule is CC1(C)c2ccccc2-c2cc(N(c3ccccc3)c3cc(-c4ccc5c(c4)C(C)(C)c4cc(-c6cc(N(c7ccccc7)c7ccc8c(c7)-c7ccccc7C8(C)C)cc(N(c7ccccc7)c7ccc8c(c7)-c7ccccc7C8(C)C)c6)ccc4-5)cc(N(c4ccccc4)c4ccc5c(c4)-c4ccccc4C5(C)C)c3)ccc21. The molecule has 4 heteroatoms. The second kappa shape index (κ2) is 25.9. The molecule has 16 aromatic rings. The molecular formula is C111H90N4. The number of nitrogens with zero attached hydrogens (tertiary/aromatic N) is 4. The third-order valence-electron chi connectivity index (χ3n) is 26.5.